The Labute approximate surface area is 163 Å². The maximum absolute atomic E-state index is 12.2. The molecule has 0 aliphatic carbocycles. The van der Waals surface area contributed by atoms with Crippen molar-refractivity contribution in [1.82, 2.24) is 5.32 Å². The first-order chi connectivity index (χ1) is 13.0. The van der Waals surface area contributed by atoms with Gasteiger partial charge in [0, 0.05) is 11.4 Å². The molecule has 0 aliphatic rings. The minimum Gasteiger partial charge on any atom is -0.493 e. The Bertz CT molecular complexity index is 791. The third-order valence-electron chi connectivity index (χ3n) is 3.89. The molecular weight excluding hydrogens is 366 g/mol. The summed E-state index contributed by atoms with van der Waals surface area (Å²) in [6.07, 6.45) is 1.05. The van der Waals surface area contributed by atoms with E-state index >= 15 is 0 Å². The highest BCUT2D eigenvalue weighted by Gasteiger charge is 2.19. The standard InChI is InChI=1S/C20H23NO5S/c1-13(26-20(23)15-6-8-16(27-4)9-7-15)19(22)21-12-14-5-10-17(24-2)18(11-14)25-3/h5-11,13H,12H2,1-4H3,(H,21,22)/t13-/m1/s1. The summed E-state index contributed by atoms with van der Waals surface area (Å²) < 4.78 is 15.7. The summed E-state index contributed by atoms with van der Waals surface area (Å²) in [5.41, 5.74) is 1.25. The van der Waals surface area contributed by atoms with Gasteiger partial charge in [-0.25, -0.2) is 4.79 Å². The Balaban J connectivity index is 1.90. The molecular formula is C20H23NO5S. The van der Waals surface area contributed by atoms with Crippen molar-refractivity contribution >= 4 is 23.6 Å². The summed E-state index contributed by atoms with van der Waals surface area (Å²) in [5, 5.41) is 2.75. The molecule has 1 atom stereocenters. The van der Waals surface area contributed by atoms with Crippen LogP contribution >= 0.6 is 11.8 Å². The molecule has 0 heterocycles. The summed E-state index contributed by atoms with van der Waals surface area (Å²) in [6, 6.07) is 12.4. The molecule has 2 aromatic rings. The first kappa shape index (κ1) is 20.6. The first-order valence-electron chi connectivity index (χ1n) is 8.32. The van der Waals surface area contributed by atoms with E-state index in [0.29, 0.717) is 17.1 Å². The highest BCUT2D eigenvalue weighted by molar-refractivity contribution is 7.98. The lowest BCUT2D eigenvalue weighted by molar-refractivity contribution is -0.129. The average Bonchev–Trinajstić information content (AvgIpc) is 2.71. The Hall–Kier alpha value is -2.67. The second kappa shape index (κ2) is 9.87. The number of ether oxygens (including phenoxy) is 3. The molecule has 0 unspecified atom stereocenters. The van der Waals surface area contributed by atoms with E-state index in [1.165, 1.54) is 6.92 Å². The largest absolute Gasteiger partial charge is 0.493 e. The molecule has 1 N–H and O–H groups in total. The van der Waals surface area contributed by atoms with Gasteiger partial charge in [-0.15, -0.1) is 11.8 Å². The predicted molar refractivity (Wildman–Crippen MR) is 104 cm³/mol. The van der Waals surface area contributed by atoms with Crippen molar-refractivity contribution in [3.63, 3.8) is 0 Å². The highest BCUT2D eigenvalue weighted by Crippen LogP contribution is 2.27. The van der Waals surface area contributed by atoms with E-state index in [1.54, 1.807) is 50.2 Å². The van der Waals surface area contributed by atoms with Gasteiger partial charge in [0.05, 0.1) is 19.8 Å². The minimum atomic E-state index is -0.905. The number of thioether (sulfide) groups is 1. The zero-order chi connectivity index (χ0) is 19.8. The molecule has 0 bridgehead atoms. The topological polar surface area (TPSA) is 73.9 Å². The molecule has 0 saturated heterocycles. The summed E-state index contributed by atoms with van der Waals surface area (Å²) >= 11 is 1.58. The minimum absolute atomic E-state index is 0.281. The number of carbonyl (C=O) groups is 2. The molecule has 7 heteroatoms. The van der Waals surface area contributed by atoms with Gasteiger partial charge in [-0.2, -0.15) is 0 Å². The smallest absolute Gasteiger partial charge is 0.338 e. The number of methoxy groups -OCH3 is 2. The second-order valence-electron chi connectivity index (χ2n) is 5.68. The average molecular weight is 389 g/mol. The van der Waals surface area contributed by atoms with Crippen molar-refractivity contribution in [2.75, 3.05) is 20.5 Å². The summed E-state index contributed by atoms with van der Waals surface area (Å²) in [6.45, 7) is 1.82. The SMILES string of the molecule is COc1ccc(CNC(=O)[C@@H](C)OC(=O)c2ccc(SC)cc2)cc1OC. The van der Waals surface area contributed by atoms with Gasteiger partial charge in [0.25, 0.3) is 5.91 Å². The van der Waals surface area contributed by atoms with Gasteiger partial charge < -0.3 is 19.5 Å². The first-order valence-corrected chi connectivity index (χ1v) is 9.54. The van der Waals surface area contributed by atoms with Crippen LogP contribution in [0.4, 0.5) is 0 Å². The van der Waals surface area contributed by atoms with E-state index in [0.717, 1.165) is 10.5 Å². The van der Waals surface area contributed by atoms with E-state index in [9.17, 15) is 9.59 Å². The van der Waals surface area contributed by atoms with Gasteiger partial charge in [0.15, 0.2) is 17.6 Å². The number of nitrogens with one attached hydrogen (secondary N) is 1. The fraction of sp³-hybridized carbons (Fsp3) is 0.300. The van der Waals surface area contributed by atoms with Crippen molar-refractivity contribution in [3.05, 3.63) is 53.6 Å². The van der Waals surface area contributed by atoms with Gasteiger partial charge in [-0.3, -0.25) is 4.79 Å². The number of amides is 1. The molecule has 0 saturated carbocycles. The van der Waals surface area contributed by atoms with Crippen LogP contribution in [0.2, 0.25) is 0 Å². The molecule has 2 aromatic carbocycles. The monoisotopic (exact) mass is 389 g/mol. The Morgan fingerprint density at radius 2 is 1.70 bits per heavy atom. The number of rotatable bonds is 8. The van der Waals surface area contributed by atoms with Crippen molar-refractivity contribution in [3.8, 4) is 11.5 Å². The number of carbonyl (C=O) groups excluding carboxylic acids is 2. The molecule has 6 nitrogen and oxygen atoms in total. The highest BCUT2D eigenvalue weighted by atomic mass is 32.2. The van der Waals surface area contributed by atoms with Gasteiger partial charge in [0.1, 0.15) is 0 Å². The maximum atomic E-state index is 12.2. The van der Waals surface area contributed by atoms with Gasteiger partial charge in [-0.1, -0.05) is 6.07 Å². The molecule has 1 amide bonds. The van der Waals surface area contributed by atoms with Gasteiger partial charge >= 0.3 is 5.97 Å². The Morgan fingerprint density at radius 1 is 1.04 bits per heavy atom. The van der Waals surface area contributed by atoms with Crippen LogP contribution in [-0.2, 0) is 16.1 Å². The zero-order valence-electron chi connectivity index (χ0n) is 15.8. The van der Waals surface area contributed by atoms with E-state index in [4.69, 9.17) is 14.2 Å². The molecule has 0 aromatic heterocycles. The van der Waals surface area contributed by atoms with Crippen LogP contribution in [0.5, 0.6) is 11.5 Å². The van der Waals surface area contributed by atoms with Crippen LogP contribution in [0.1, 0.15) is 22.8 Å². The lowest BCUT2D eigenvalue weighted by Gasteiger charge is -2.14. The summed E-state index contributed by atoms with van der Waals surface area (Å²) in [4.78, 5) is 25.4. The van der Waals surface area contributed by atoms with Crippen LogP contribution in [0, 0.1) is 0 Å². The maximum Gasteiger partial charge on any atom is 0.338 e. The fourth-order valence-electron chi connectivity index (χ4n) is 2.33. The molecule has 144 valence electrons. The number of hydrogen-bond acceptors (Lipinski definition) is 6. The van der Waals surface area contributed by atoms with Crippen LogP contribution < -0.4 is 14.8 Å². The lowest BCUT2D eigenvalue weighted by Crippen LogP contribution is -2.35. The summed E-state index contributed by atoms with van der Waals surface area (Å²) in [5.74, 6) is 0.287. The number of hydrogen-bond donors (Lipinski definition) is 1. The molecule has 2 rings (SSSR count). The third kappa shape index (κ3) is 5.65. The fourth-order valence-corrected chi connectivity index (χ4v) is 2.74. The molecule has 0 fully saturated rings. The van der Waals surface area contributed by atoms with Crippen LogP contribution in [0.3, 0.4) is 0 Å². The van der Waals surface area contributed by atoms with Crippen molar-refractivity contribution in [2.24, 2.45) is 0 Å². The van der Waals surface area contributed by atoms with Crippen molar-refractivity contribution in [1.29, 1.82) is 0 Å². The van der Waals surface area contributed by atoms with Crippen LogP contribution in [0.15, 0.2) is 47.4 Å². The number of esters is 1. The van der Waals surface area contributed by atoms with E-state index < -0.39 is 12.1 Å². The molecule has 0 spiro atoms. The normalized spacial score (nSPS) is 11.4. The molecule has 0 aliphatic heterocycles. The third-order valence-corrected chi connectivity index (χ3v) is 4.64. The molecule has 0 radical (unpaired) electrons. The van der Waals surface area contributed by atoms with Crippen molar-refractivity contribution < 1.29 is 23.8 Å². The summed E-state index contributed by atoms with van der Waals surface area (Å²) in [7, 11) is 3.11. The van der Waals surface area contributed by atoms with E-state index in [1.807, 2.05) is 24.5 Å². The van der Waals surface area contributed by atoms with Crippen LogP contribution in [-0.4, -0.2) is 38.5 Å². The van der Waals surface area contributed by atoms with Crippen LogP contribution in [0.25, 0.3) is 0 Å². The Morgan fingerprint density at radius 3 is 2.30 bits per heavy atom. The van der Waals surface area contributed by atoms with Crippen molar-refractivity contribution in [2.45, 2.75) is 24.5 Å². The Kier molecular flexibility index (Phi) is 7.55. The quantitative estimate of drug-likeness (QED) is 0.552. The van der Waals surface area contributed by atoms with E-state index in [-0.39, 0.29) is 12.5 Å². The lowest BCUT2D eigenvalue weighted by atomic mass is 10.2. The molecule has 27 heavy (non-hydrogen) atoms. The second-order valence-corrected chi connectivity index (χ2v) is 6.56. The van der Waals surface area contributed by atoms with Gasteiger partial charge in [-0.05, 0) is 55.1 Å². The predicted octanol–water partition coefficient (Wildman–Crippen LogP) is 3.29. The number of benzene rings is 2. The van der Waals surface area contributed by atoms with E-state index in [2.05, 4.69) is 5.32 Å². The van der Waals surface area contributed by atoms with Gasteiger partial charge in [0.2, 0.25) is 0 Å². The zero-order valence-corrected chi connectivity index (χ0v) is 16.6.